The maximum absolute atomic E-state index is 13.5. The summed E-state index contributed by atoms with van der Waals surface area (Å²) < 4.78 is 18.5. The van der Waals surface area contributed by atoms with Crippen molar-refractivity contribution in [2.75, 3.05) is 37.0 Å². The van der Waals surface area contributed by atoms with Crippen LogP contribution in [0.25, 0.3) is 0 Å². The Balaban J connectivity index is 1.43. The molecule has 2 aromatic rings. The van der Waals surface area contributed by atoms with Gasteiger partial charge >= 0.3 is 0 Å². The molecule has 2 aliphatic heterocycles. The molecule has 0 bridgehead atoms. The molecule has 3 N–H and O–H groups in total. The molecule has 1 unspecified atom stereocenters. The maximum atomic E-state index is 13.5. The van der Waals surface area contributed by atoms with Gasteiger partial charge in [0.05, 0.1) is 19.0 Å². The molecule has 2 saturated heterocycles. The van der Waals surface area contributed by atoms with Crippen LogP contribution in [0, 0.1) is 5.82 Å². The number of nitrogens with zero attached hydrogens (tertiary/aromatic N) is 2. The van der Waals surface area contributed by atoms with Crippen molar-refractivity contribution in [1.29, 1.82) is 0 Å². The lowest BCUT2D eigenvalue weighted by Gasteiger charge is -2.18. The Labute approximate surface area is 156 Å². The van der Waals surface area contributed by atoms with E-state index in [1.54, 1.807) is 23.2 Å². The molecule has 27 heavy (non-hydrogen) atoms. The first kappa shape index (κ1) is 17.7. The van der Waals surface area contributed by atoms with E-state index in [1.807, 2.05) is 12.1 Å². The molecule has 1 amide bonds. The van der Waals surface area contributed by atoms with Gasteiger partial charge in [0.15, 0.2) is 11.6 Å². The largest absolute Gasteiger partial charge is 0.494 e. The molecule has 4 rings (SSSR count). The van der Waals surface area contributed by atoms with Crippen molar-refractivity contribution in [3.63, 3.8) is 0 Å². The van der Waals surface area contributed by atoms with E-state index in [-0.39, 0.29) is 17.7 Å². The van der Waals surface area contributed by atoms with Crippen LogP contribution in [0.15, 0.2) is 36.5 Å². The summed E-state index contributed by atoms with van der Waals surface area (Å²) in [6, 6.07) is 8.06. The average Bonchev–Trinajstić information content (AvgIpc) is 3.34. The zero-order valence-corrected chi connectivity index (χ0v) is 15.0. The van der Waals surface area contributed by atoms with Crippen LogP contribution in [-0.4, -0.2) is 43.7 Å². The van der Waals surface area contributed by atoms with Crippen LogP contribution >= 0.6 is 0 Å². The molecule has 3 heterocycles. The third-order valence-electron chi connectivity index (χ3n) is 5.02. The van der Waals surface area contributed by atoms with Gasteiger partial charge < -0.3 is 15.0 Å². The highest BCUT2D eigenvalue weighted by Gasteiger charge is 2.33. The number of anilines is 2. The molecule has 142 valence electrons. The first-order chi connectivity index (χ1) is 13.2. The smallest absolute Gasteiger partial charge is 0.249 e. The first-order valence-corrected chi connectivity index (χ1v) is 8.99. The Kier molecular flexibility index (Phi) is 4.91. The number of methoxy groups -OCH3 is 1. The Bertz CT molecular complexity index is 823. The van der Waals surface area contributed by atoms with Gasteiger partial charge in [0.25, 0.3) is 0 Å². The molecule has 1 aromatic carbocycles. The Morgan fingerprint density at radius 3 is 2.78 bits per heavy atom. The number of carbonyl (C=O) groups excluding carboxylic acids is 1. The number of rotatable bonds is 5. The Morgan fingerprint density at radius 2 is 2.07 bits per heavy atom. The second-order valence-electron chi connectivity index (χ2n) is 6.72. The van der Waals surface area contributed by atoms with Crippen molar-refractivity contribution < 1.29 is 13.9 Å². The second kappa shape index (κ2) is 7.50. The van der Waals surface area contributed by atoms with Crippen LogP contribution in [0.1, 0.15) is 18.0 Å². The fourth-order valence-corrected chi connectivity index (χ4v) is 3.49. The fourth-order valence-electron chi connectivity index (χ4n) is 3.49. The molecule has 1 aromatic heterocycles. The Hall–Kier alpha value is -2.71. The van der Waals surface area contributed by atoms with Gasteiger partial charge in [0.1, 0.15) is 6.04 Å². The van der Waals surface area contributed by atoms with Crippen molar-refractivity contribution in [2.24, 2.45) is 0 Å². The number of benzene rings is 1. The van der Waals surface area contributed by atoms with Crippen LogP contribution in [0.5, 0.6) is 5.75 Å². The number of nitrogens with one attached hydrogen (secondary N) is 3. The topological polar surface area (TPSA) is 78.5 Å². The van der Waals surface area contributed by atoms with E-state index in [0.29, 0.717) is 24.6 Å². The molecule has 0 saturated carbocycles. The SMILES string of the molecule is COc1cc(NC2CCN(c3ccc(C4CNNC4)nc3)C2=O)ccc1F. The van der Waals surface area contributed by atoms with Gasteiger partial charge in [-0.15, -0.1) is 0 Å². The van der Waals surface area contributed by atoms with Gasteiger partial charge in [0, 0.05) is 43.0 Å². The molecule has 2 fully saturated rings. The van der Waals surface area contributed by atoms with Gasteiger partial charge in [-0.25, -0.2) is 4.39 Å². The number of aromatic nitrogens is 1. The van der Waals surface area contributed by atoms with Crippen LogP contribution in [0.4, 0.5) is 15.8 Å². The average molecular weight is 371 g/mol. The van der Waals surface area contributed by atoms with Gasteiger partial charge in [-0.3, -0.25) is 20.6 Å². The van der Waals surface area contributed by atoms with Gasteiger partial charge in [-0.2, -0.15) is 0 Å². The predicted molar refractivity (Wildman–Crippen MR) is 100 cm³/mol. The number of halogens is 1. The summed E-state index contributed by atoms with van der Waals surface area (Å²) in [7, 11) is 1.42. The molecule has 0 radical (unpaired) electrons. The van der Waals surface area contributed by atoms with Gasteiger partial charge in [-0.1, -0.05) is 0 Å². The van der Waals surface area contributed by atoms with Crippen molar-refractivity contribution in [3.05, 3.63) is 48.0 Å². The summed E-state index contributed by atoms with van der Waals surface area (Å²) in [5.41, 5.74) is 8.65. The van der Waals surface area contributed by atoms with Crippen LogP contribution in [0.2, 0.25) is 0 Å². The van der Waals surface area contributed by atoms with E-state index in [2.05, 4.69) is 21.2 Å². The molecule has 1 atom stereocenters. The van der Waals surface area contributed by atoms with E-state index in [1.165, 1.54) is 13.2 Å². The van der Waals surface area contributed by atoms with Crippen LogP contribution < -0.4 is 25.8 Å². The zero-order valence-electron chi connectivity index (χ0n) is 15.0. The highest BCUT2D eigenvalue weighted by molar-refractivity contribution is 6.00. The van der Waals surface area contributed by atoms with E-state index >= 15 is 0 Å². The number of pyridine rings is 1. The molecule has 0 spiro atoms. The third-order valence-corrected chi connectivity index (χ3v) is 5.02. The summed E-state index contributed by atoms with van der Waals surface area (Å²) in [4.78, 5) is 19.0. The van der Waals surface area contributed by atoms with E-state index in [4.69, 9.17) is 4.74 Å². The number of amides is 1. The van der Waals surface area contributed by atoms with Crippen LogP contribution in [-0.2, 0) is 4.79 Å². The lowest BCUT2D eigenvalue weighted by molar-refractivity contribution is -0.117. The monoisotopic (exact) mass is 371 g/mol. The van der Waals surface area contributed by atoms with Crippen molar-refractivity contribution in [1.82, 2.24) is 15.8 Å². The quantitative estimate of drug-likeness (QED) is 0.742. The normalized spacial score (nSPS) is 20.3. The van der Waals surface area contributed by atoms with Crippen molar-refractivity contribution in [2.45, 2.75) is 18.4 Å². The van der Waals surface area contributed by atoms with E-state index in [9.17, 15) is 9.18 Å². The lowest BCUT2D eigenvalue weighted by Crippen LogP contribution is -2.33. The molecule has 8 heteroatoms. The summed E-state index contributed by atoms with van der Waals surface area (Å²) in [6.07, 6.45) is 2.42. The zero-order chi connectivity index (χ0) is 18.8. The van der Waals surface area contributed by atoms with E-state index in [0.717, 1.165) is 24.5 Å². The van der Waals surface area contributed by atoms with Crippen molar-refractivity contribution >= 4 is 17.3 Å². The second-order valence-corrected chi connectivity index (χ2v) is 6.72. The number of ether oxygens (including phenoxy) is 1. The summed E-state index contributed by atoms with van der Waals surface area (Å²) in [5, 5.41) is 3.17. The number of hydrogen-bond acceptors (Lipinski definition) is 6. The number of carbonyl (C=O) groups is 1. The molecular weight excluding hydrogens is 349 g/mol. The Morgan fingerprint density at radius 1 is 1.26 bits per heavy atom. The van der Waals surface area contributed by atoms with E-state index < -0.39 is 5.82 Å². The molecular formula is C19H22FN5O2. The third kappa shape index (κ3) is 3.58. The molecule has 0 aliphatic carbocycles. The highest BCUT2D eigenvalue weighted by atomic mass is 19.1. The first-order valence-electron chi connectivity index (χ1n) is 8.99. The molecule has 7 nitrogen and oxygen atoms in total. The maximum Gasteiger partial charge on any atom is 0.249 e. The lowest BCUT2D eigenvalue weighted by atomic mass is 10.1. The number of hydrogen-bond donors (Lipinski definition) is 3. The highest BCUT2D eigenvalue weighted by Crippen LogP contribution is 2.27. The minimum absolute atomic E-state index is 0.0166. The minimum atomic E-state index is -0.429. The standard InChI is InChI=1S/C19H22FN5O2/c1-27-18-8-13(2-4-15(18)20)24-17-6-7-25(19(17)26)14-3-5-16(21-11-14)12-9-22-23-10-12/h2-5,8,11-12,17,22-24H,6-7,9-10H2,1H3. The fraction of sp³-hybridized carbons (Fsp3) is 0.368. The minimum Gasteiger partial charge on any atom is -0.494 e. The van der Waals surface area contributed by atoms with Crippen LogP contribution in [0.3, 0.4) is 0 Å². The van der Waals surface area contributed by atoms with Gasteiger partial charge in [0.2, 0.25) is 5.91 Å². The van der Waals surface area contributed by atoms with Crippen molar-refractivity contribution in [3.8, 4) is 5.75 Å². The number of hydrazine groups is 1. The summed E-state index contributed by atoms with van der Waals surface area (Å²) in [6.45, 7) is 2.31. The molecule has 2 aliphatic rings. The summed E-state index contributed by atoms with van der Waals surface area (Å²) >= 11 is 0. The predicted octanol–water partition coefficient (Wildman–Crippen LogP) is 1.64. The van der Waals surface area contributed by atoms with Gasteiger partial charge in [-0.05, 0) is 30.7 Å². The summed E-state index contributed by atoms with van der Waals surface area (Å²) in [5.74, 6) is 0.0486.